The molecular formula is C27H34N2O2. The van der Waals surface area contributed by atoms with Gasteiger partial charge in [0.2, 0.25) is 5.91 Å². The molecule has 1 atom stereocenters. The average molecular weight is 419 g/mol. The molecule has 0 unspecified atom stereocenters. The quantitative estimate of drug-likeness (QED) is 0.533. The maximum Gasteiger partial charge on any atom is 0.241 e. The fourth-order valence-electron chi connectivity index (χ4n) is 4.93. The number of fused-ring (bicyclic) bond motifs is 3. The number of benzene rings is 2. The molecule has 1 amide bonds. The lowest BCUT2D eigenvalue weighted by Crippen LogP contribution is -2.58. The van der Waals surface area contributed by atoms with Crippen LogP contribution in [-0.2, 0) is 10.2 Å². The van der Waals surface area contributed by atoms with Crippen LogP contribution in [-0.4, -0.2) is 24.7 Å². The van der Waals surface area contributed by atoms with Crippen LogP contribution in [0.15, 0.2) is 54.6 Å². The van der Waals surface area contributed by atoms with Gasteiger partial charge in [0.1, 0.15) is 11.4 Å². The van der Waals surface area contributed by atoms with Gasteiger partial charge in [0.15, 0.2) is 0 Å². The number of unbranched alkanes of at least 4 members (excludes halogenated alkanes) is 4. The first kappa shape index (κ1) is 21.5. The molecule has 1 N–H and O–H groups in total. The number of anilines is 1. The van der Waals surface area contributed by atoms with Crippen molar-refractivity contribution >= 4 is 17.7 Å². The molecule has 2 aliphatic heterocycles. The molecule has 2 aromatic rings. The zero-order valence-electron chi connectivity index (χ0n) is 19.0. The minimum atomic E-state index is -0.554. The Morgan fingerprint density at radius 3 is 2.55 bits per heavy atom. The Labute approximate surface area is 186 Å². The number of ether oxygens (including phenoxy) is 1. The Bertz CT molecular complexity index is 948. The normalized spacial score (nSPS) is 21.3. The van der Waals surface area contributed by atoms with Crippen LogP contribution in [0.25, 0.3) is 6.08 Å². The summed E-state index contributed by atoms with van der Waals surface area (Å²) in [5, 5.41) is 3.27. The summed E-state index contributed by atoms with van der Waals surface area (Å²) in [6, 6.07) is 16.6. The predicted molar refractivity (Wildman–Crippen MR) is 127 cm³/mol. The summed E-state index contributed by atoms with van der Waals surface area (Å²) in [5.41, 5.74) is 2.70. The van der Waals surface area contributed by atoms with Crippen LogP contribution in [0.2, 0.25) is 0 Å². The van der Waals surface area contributed by atoms with E-state index in [4.69, 9.17) is 4.74 Å². The second kappa shape index (κ2) is 8.78. The standard InChI is InChI=1S/C27H34N2O2/c1-4-5-6-7-10-19-31-22-15-13-21(14-16-22)17-18-27-26(2,3)23-11-8-9-12-24(23)29(27)20-25(30)28-27/h8-9,11-18H,4-7,10,19-20H2,1-3H3,(H,28,30)/t27-/m1/s1. The van der Waals surface area contributed by atoms with Crippen LogP contribution < -0.4 is 15.0 Å². The number of nitrogens with zero attached hydrogens (tertiary/aromatic N) is 1. The first-order valence-electron chi connectivity index (χ1n) is 11.6. The van der Waals surface area contributed by atoms with E-state index in [0.29, 0.717) is 6.54 Å². The fraction of sp³-hybridized carbons (Fsp3) is 0.444. The Morgan fingerprint density at radius 2 is 1.77 bits per heavy atom. The third kappa shape index (κ3) is 3.96. The average Bonchev–Trinajstić information content (AvgIpc) is 3.20. The zero-order chi connectivity index (χ0) is 21.9. The van der Waals surface area contributed by atoms with Crippen LogP contribution >= 0.6 is 0 Å². The van der Waals surface area contributed by atoms with Gasteiger partial charge in [-0.3, -0.25) is 4.79 Å². The topological polar surface area (TPSA) is 41.6 Å². The second-order valence-electron chi connectivity index (χ2n) is 9.21. The van der Waals surface area contributed by atoms with E-state index in [0.717, 1.165) is 30.0 Å². The summed E-state index contributed by atoms with van der Waals surface area (Å²) in [5.74, 6) is 0.977. The van der Waals surface area contributed by atoms with E-state index < -0.39 is 5.66 Å². The van der Waals surface area contributed by atoms with Gasteiger partial charge < -0.3 is 15.0 Å². The molecule has 0 radical (unpaired) electrons. The Kier molecular flexibility index (Phi) is 6.08. The van der Waals surface area contributed by atoms with E-state index in [2.05, 4.69) is 73.5 Å². The number of hydrogen-bond donors (Lipinski definition) is 1. The molecule has 0 aromatic heterocycles. The van der Waals surface area contributed by atoms with Gasteiger partial charge in [-0.05, 0) is 41.8 Å². The summed E-state index contributed by atoms with van der Waals surface area (Å²) >= 11 is 0. The lowest BCUT2D eigenvalue weighted by atomic mass is 9.75. The Balaban J connectivity index is 1.46. The van der Waals surface area contributed by atoms with Crippen LogP contribution in [0.5, 0.6) is 5.75 Å². The number of hydrogen-bond acceptors (Lipinski definition) is 3. The van der Waals surface area contributed by atoms with Crippen molar-refractivity contribution in [3.63, 3.8) is 0 Å². The second-order valence-corrected chi connectivity index (χ2v) is 9.21. The summed E-state index contributed by atoms with van der Waals surface area (Å²) in [6.45, 7) is 7.81. The highest BCUT2D eigenvalue weighted by Gasteiger charge is 2.59. The van der Waals surface area contributed by atoms with E-state index >= 15 is 0 Å². The molecule has 4 nitrogen and oxygen atoms in total. The van der Waals surface area contributed by atoms with Gasteiger partial charge in [0.05, 0.1) is 13.2 Å². The van der Waals surface area contributed by atoms with Crippen LogP contribution in [0.1, 0.15) is 64.0 Å². The third-order valence-corrected chi connectivity index (χ3v) is 6.79. The molecule has 0 spiro atoms. The number of rotatable bonds is 9. The molecular weight excluding hydrogens is 384 g/mol. The Morgan fingerprint density at radius 1 is 1.03 bits per heavy atom. The monoisotopic (exact) mass is 418 g/mol. The number of carbonyl (C=O) groups excluding carboxylic acids is 1. The fourth-order valence-corrected chi connectivity index (χ4v) is 4.93. The number of nitrogens with one attached hydrogen (secondary N) is 1. The molecule has 1 fully saturated rings. The largest absolute Gasteiger partial charge is 0.494 e. The molecule has 2 aromatic carbocycles. The van der Waals surface area contributed by atoms with Gasteiger partial charge >= 0.3 is 0 Å². The van der Waals surface area contributed by atoms with Gasteiger partial charge in [-0.2, -0.15) is 0 Å². The van der Waals surface area contributed by atoms with Crippen LogP contribution in [0.3, 0.4) is 0 Å². The summed E-state index contributed by atoms with van der Waals surface area (Å²) in [7, 11) is 0. The first-order chi connectivity index (χ1) is 15.0. The molecule has 2 aliphatic rings. The highest BCUT2D eigenvalue weighted by atomic mass is 16.5. The van der Waals surface area contributed by atoms with Crippen molar-refractivity contribution in [2.24, 2.45) is 0 Å². The highest BCUT2D eigenvalue weighted by molar-refractivity contribution is 5.91. The van der Waals surface area contributed by atoms with Gasteiger partial charge in [-0.25, -0.2) is 0 Å². The third-order valence-electron chi connectivity index (χ3n) is 6.79. The maximum absolute atomic E-state index is 12.4. The van der Waals surface area contributed by atoms with Gasteiger partial charge in [0, 0.05) is 11.1 Å². The van der Waals surface area contributed by atoms with Crippen LogP contribution in [0, 0.1) is 0 Å². The predicted octanol–water partition coefficient (Wildman–Crippen LogP) is 5.67. The molecule has 1 saturated heterocycles. The van der Waals surface area contributed by atoms with Crippen molar-refractivity contribution < 1.29 is 9.53 Å². The molecule has 4 heteroatoms. The summed E-state index contributed by atoms with van der Waals surface area (Å²) in [6.07, 6.45) is 10.5. The zero-order valence-corrected chi connectivity index (χ0v) is 19.0. The van der Waals surface area contributed by atoms with Crippen molar-refractivity contribution in [2.75, 3.05) is 18.1 Å². The molecule has 0 aliphatic carbocycles. The van der Waals surface area contributed by atoms with E-state index in [1.54, 1.807) is 0 Å². The molecule has 4 rings (SSSR count). The molecule has 0 saturated carbocycles. The van der Waals surface area contributed by atoms with Crippen LogP contribution in [0.4, 0.5) is 5.69 Å². The molecule has 164 valence electrons. The van der Waals surface area contributed by atoms with E-state index in [1.807, 2.05) is 18.2 Å². The van der Waals surface area contributed by atoms with Crippen molar-refractivity contribution in [3.05, 3.63) is 65.7 Å². The number of amides is 1. The number of para-hydroxylation sites is 1. The summed E-state index contributed by atoms with van der Waals surface area (Å²) < 4.78 is 5.89. The van der Waals surface area contributed by atoms with Gasteiger partial charge in [0.25, 0.3) is 0 Å². The van der Waals surface area contributed by atoms with Crippen molar-refractivity contribution in [2.45, 2.75) is 64.0 Å². The Hall–Kier alpha value is -2.75. The van der Waals surface area contributed by atoms with Crippen molar-refractivity contribution in [1.82, 2.24) is 5.32 Å². The first-order valence-corrected chi connectivity index (χ1v) is 11.6. The van der Waals surface area contributed by atoms with Gasteiger partial charge in [-0.1, -0.05) is 82.9 Å². The molecule has 2 heterocycles. The molecule has 0 bridgehead atoms. The SMILES string of the molecule is CCCCCCCOc1ccc(C=C[C@@]23NC(=O)CN2c2ccccc2C3(C)C)cc1. The van der Waals surface area contributed by atoms with Crippen molar-refractivity contribution in [1.29, 1.82) is 0 Å². The minimum absolute atomic E-state index is 0.0647. The lowest BCUT2D eigenvalue weighted by molar-refractivity contribution is -0.118. The lowest BCUT2D eigenvalue weighted by Gasteiger charge is -2.40. The van der Waals surface area contributed by atoms with Crippen molar-refractivity contribution in [3.8, 4) is 5.75 Å². The van der Waals surface area contributed by atoms with E-state index in [1.165, 1.54) is 31.2 Å². The number of carbonyl (C=O) groups is 1. The highest BCUT2D eigenvalue weighted by Crippen LogP contribution is 2.52. The van der Waals surface area contributed by atoms with E-state index in [-0.39, 0.29) is 11.3 Å². The summed E-state index contributed by atoms with van der Waals surface area (Å²) in [4.78, 5) is 14.6. The maximum atomic E-state index is 12.4. The smallest absolute Gasteiger partial charge is 0.241 e. The minimum Gasteiger partial charge on any atom is -0.494 e. The van der Waals surface area contributed by atoms with E-state index in [9.17, 15) is 4.79 Å². The molecule has 31 heavy (non-hydrogen) atoms. The van der Waals surface area contributed by atoms with Gasteiger partial charge in [-0.15, -0.1) is 0 Å².